The minimum atomic E-state index is -0.613. The van der Waals surface area contributed by atoms with Gasteiger partial charge in [-0.2, -0.15) is 0 Å². The highest BCUT2D eigenvalue weighted by Gasteiger charge is 2.26. The van der Waals surface area contributed by atoms with Crippen LogP contribution in [0.25, 0.3) is 0 Å². The Kier molecular flexibility index (Phi) is 9.34. The number of rotatable bonds is 9. The van der Waals surface area contributed by atoms with E-state index >= 15 is 0 Å². The van der Waals surface area contributed by atoms with E-state index in [1.807, 2.05) is 44.2 Å². The van der Waals surface area contributed by atoms with Gasteiger partial charge in [0.15, 0.2) is 0 Å². The molecule has 2 aromatic rings. The van der Waals surface area contributed by atoms with Crippen molar-refractivity contribution in [1.82, 2.24) is 10.2 Å². The van der Waals surface area contributed by atoms with Crippen LogP contribution in [0.4, 0.5) is 0 Å². The smallest absolute Gasteiger partial charge is 0.242 e. The Morgan fingerprint density at radius 1 is 1.07 bits per heavy atom. The molecular formula is C22H26Cl2N2O2S. The summed E-state index contributed by atoms with van der Waals surface area (Å²) in [5.74, 6) is 0.353. The van der Waals surface area contributed by atoms with Gasteiger partial charge in [0.2, 0.25) is 11.8 Å². The zero-order valence-electron chi connectivity index (χ0n) is 16.8. The summed E-state index contributed by atoms with van der Waals surface area (Å²) >= 11 is 13.9. The third kappa shape index (κ3) is 7.57. The second kappa shape index (κ2) is 11.5. The van der Waals surface area contributed by atoms with Gasteiger partial charge in [0, 0.05) is 39.7 Å². The van der Waals surface area contributed by atoms with Crippen molar-refractivity contribution in [3.8, 4) is 0 Å². The van der Waals surface area contributed by atoms with Crippen molar-refractivity contribution in [2.24, 2.45) is 0 Å². The van der Waals surface area contributed by atoms with Crippen molar-refractivity contribution in [3.05, 3.63) is 64.1 Å². The maximum atomic E-state index is 13.0. The van der Waals surface area contributed by atoms with Crippen LogP contribution in [0.2, 0.25) is 10.0 Å². The predicted molar refractivity (Wildman–Crippen MR) is 122 cm³/mol. The van der Waals surface area contributed by atoms with Crippen molar-refractivity contribution in [2.75, 3.05) is 5.75 Å². The van der Waals surface area contributed by atoms with Gasteiger partial charge in [0.25, 0.3) is 0 Å². The Bertz CT molecular complexity index is 831. The molecule has 0 saturated carbocycles. The highest BCUT2D eigenvalue weighted by Crippen LogP contribution is 2.24. The molecule has 2 aromatic carbocycles. The quantitative estimate of drug-likeness (QED) is 0.516. The van der Waals surface area contributed by atoms with Gasteiger partial charge in [-0.15, -0.1) is 11.8 Å². The fourth-order valence-electron chi connectivity index (χ4n) is 2.74. The van der Waals surface area contributed by atoms with Crippen LogP contribution < -0.4 is 5.32 Å². The zero-order valence-corrected chi connectivity index (χ0v) is 19.2. The van der Waals surface area contributed by atoms with Crippen molar-refractivity contribution in [1.29, 1.82) is 0 Å². The number of benzene rings is 2. The van der Waals surface area contributed by atoms with Crippen LogP contribution >= 0.6 is 35.0 Å². The van der Waals surface area contributed by atoms with Gasteiger partial charge in [-0.05, 0) is 50.6 Å². The largest absolute Gasteiger partial charge is 0.352 e. The van der Waals surface area contributed by atoms with Gasteiger partial charge in [0.05, 0.1) is 0 Å². The lowest BCUT2D eigenvalue weighted by atomic mass is 10.1. The Morgan fingerprint density at radius 2 is 1.76 bits per heavy atom. The number of thioether (sulfide) groups is 1. The number of hydrogen-bond acceptors (Lipinski definition) is 3. The Balaban J connectivity index is 2.11. The topological polar surface area (TPSA) is 49.4 Å². The minimum Gasteiger partial charge on any atom is -0.352 e. The van der Waals surface area contributed by atoms with E-state index in [9.17, 15) is 9.59 Å². The standard InChI is InChI=1S/C22H26Cl2N2O2S/c1-15(2)25-22(28)16(3)26(14-17-9-10-18(23)13-20(17)24)21(27)11-12-29-19-7-5-4-6-8-19/h4-10,13,15-16H,11-12,14H2,1-3H3,(H,25,28)/t16-/m1/s1. The summed E-state index contributed by atoms with van der Waals surface area (Å²) in [6, 6.07) is 14.5. The lowest BCUT2D eigenvalue weighted by Crippen LogP contribution is -2.49. The van der Waals surface area contributed by atoms with E-state index in [4.69, 9.17) is 23.2 Å². The summed E-state index contributed by atoms with van der Waals surface area (Å²) in [5.41, 5.74) is 0.754. The number of hydrogen-bond donors (Lipinski definition) is 1. The molecule has 1 N–H and O–H groups in total. The van der Waals surface area contributed by atoms with Gasteiger partial charge in [-0.3, -0.25) is 9.59 Å². The first-order chi connectivity index (χ1) is 13.8. The molecule has 0 fully saturated rings. The van der Waals surface area contributed by atoms with Crippen LogP contribution in [0.15, 0.2) is 53.4 Å². The fourth-order valence-corrected chi connectivity index (χ4v) is 4.07. The monoisotopic (exact) mass is 452 g/mol. The summed E-state index contributed by atoms with van der Waals surface area (Å²) in [7, 11) is 0. The molecule has 0 spiro atoms. The SMILES string of the molecule is CC(C)NC(=O)[C@@H](C)N(Cc1ccc(Cl)cc1Cl)C(=O)CCSc1ccccc1. The molecule has 0 aliphatic rings. The second-order valence-corrected chi connectivity index (χ2v) is 9.02. The normalized spacial score (nSPS) is 11.9. The summed E-state index contributed by atoms with van der Waals surface area (Å²) in [6.45, 7) is 5.77. The van der Waals surface area contributed by atoms with Crippen LogP contribution in [0.1, 0.15) is 32.8 Å². The molecule has 0 aliphatic carbocycles. The van der Waals surface area contributed by atoms with Crippen molar-refractivity contribution >= 4 is 46.8 Å². The van der Waals surface area contributed by atoms with Gasteiger partial charge < -0.3 is 10.2 Å². The van der Waals surface area contributed by atoms with Crippen LogP contribution in [0.3, 0.4) is 0 Å². The Morgan fingerprint density at radius 3 is 2.38 bits per heavy atom. The molecule has 0 aliphatic heterocycles. The summed E-state index contributed by atoms with van der Waals surface area (Å²) in [4.78, 5) is 28.3. The van der Waals surface area contributed by atoms with Gasteiger partial charge in [-0.25, -0.2) is 0 Å². The number of carbonyl (C=O) groups excluding carboxylic acids is 2. The van der Waals surface area contributed by atoms with Crippen LogP contribution in [0, 0.1) is 0 Å². The number of nitrogens with one attached hydrogen (secondary N) is 1. The first-order valence-corrected chi connectivity index (χ1v) is 11.2. The zero-order chi connectivity index (χ0) is 21.4. The third-order valence-electron chi connectivity index (χ3n) is 4.28. The van der Waals surface area contributed by atoms with E-state index in [1.54, 1.807) is 41.8 Å². The molecule has 0 saturated heterocycles. The third-order valence-corrected chi connectivity index (χ3v) is 5.88. The molecule has 1 atom stereocenters. The van der Waals surface area contributed by atoms with Gasteiger partial charge >= 0.3 is 0 Å². The average molecular weight is 453 g/mol. The molecule has 0 heterocycles. The molecule has 4 nitrogen and oxygen atoms in total. The maximum absolute atomic E-state index is 13.0. The lowest BCUT2D eigenvalue weighted by molar-refractivity contribution is -0.140. The molecule has 0 aromatic heterocycles. The number of carbonyl (C=O) groups is 2. The van der Waals surface area contributed by atoms with Crippen LogP contribution in [0.5, 0.6) is 0 Å². The number of amides is 2. The first-order valence-electron chi connectivity index (χ1n) is 9.49. The summed E-state index contributed by atoms with van der Waals surface area (Å²) < 4.78 is 0. The number of nitrogens with zero attached hydrogens (tertiary/aromatic N) is 1. The highest BCUT2D eigenvalue weighted by molar-refractivity contribution is 7.99. The molecule has 2 amide bonds. The molecular weight excluding hydrogens is 427 g/mol. The van der Waals surface area contributed by atoms with Crippen LogP contribution in [-0.2, 0) is 16.1 Å². The molecule has 0 unspecified atom stereocenters. The highest BCUT2D eigenvalue weighted by atomic mass is 35.5. The molecule has 0 bridgehead atoms. The van der Waals surface area contributed by atoms with Crippen LogP contribution in [-0.4, -0.2) is 34.6 Å². The van der Waals surface area contributed by atoms with Crippen molar-refractivity contribution < 1.29 is 9.59 Å². The molecule has 156 valence electrons. The first kappa shape index (κ1) is 23.6. The lowest BCUT2D eigenvalue weighted by Gasteiger charge is -2.29. The van der Waals surface area contributed by atoms with E-state index in [0.717, 1.165) is 10.5 Å². The number of halogens is 2. The Labute approximate surface area is 187 Å². The predicted octanol–water partition coefficient (Wildman–Crippen LogP) is 5.42. The maximum Gasteiger partial charge on any atom is 0.242 e. The molecule has 7 heteroatoms. The van der Waals surface area contributed by atoms with Crippen molar-refractivity contribution in [2.45, 2.75) is 50.7 Å². The Hall–Kier alpha value is -1.69. The van der Waals surface area contributed by atoms with E-state index in [-0.39, 0.29) is 24.4 Å². The van der Waals surface area contributed by atoms with E-state index in [0.29, 0.717) is 22.2 Å². The summed E-state index contributed by atoms with van der Waals surface area (Å²) in [5, 5.41) is 3.88. The van der Waals surface area contributed by atoms with E-state index < -0.39 is 6.04 Å². The second-order valence-electron chi connectivity index (χ2n) is 7.01. The average Bonchev–Trinajstić information content (AvgIpc) is 2.67. The molecule has 29 heavy (non-hydrogen) atoms. The molecule has 0 radical (unpaired) electrons. The van der Waals surface area contributed by atoms with E-state index in [2.05, 4.69) is 5.32 Å². The minimum absolute atomic E-state index is 0.00495. The molecule has 2 rings (SSSR count). The van der Waals surface area contributed by atoms with Gasteiger partial charge in [0.1, 0.15) is 6.04 Å². The fraction of sp³-hybridized carbons (Fsp3) is 0.364. The van der Waals surface area contributed by atoms with Crippen molar-refractivity contribution in [3.63, 3.8) is 0 Å². The summed E-state index contributed by atoms with van der Waals surface area (Å²) in [6.07, 6.45) is 0.323. The van der Waals surface area contributed by atoms with E-state index in [1.165, 1.54) is 0 Å². The van der Waals surface area contributed by atoms with Gasteiger partial charge in [-0.1, -0.05) is 47.5 Å².